The Kier molecular flexibility index (Phi) is 2.90. The molecule has 0 aromatic rings. The molecule has 2 heteroatoms. The van der Waals surface area contributed by atoms with E-state index in [-0.39, 0.29) is 6.10 Å². The lowest BCUT2D eigenvalue weighted by atomic mass is 10.2. The number of hydrogen-bond donors (Lipinski definition) is 1. The monoisotopic (exact) mass is 157 g/mol. The van der Waals surface area contributed by atoms with E-state index in [2.05, 4.69) is 25.7 Å². The maximum atomic E-state index is 9.34. The number of rotatable bonds is 2. The first-order valence-corrected chi connectivity index (χ1v) is 4.51. The third kappa shape index (κ3) is 2.46. The van der Waals surface area contributed by atoms with E-state index in [0.29, 0.717) is 12.0 Å². The normalized spacial score (nSPS) is 33.5. The van der Waals surface area contributed by atoms with Gasteiger partial charge in [0.2, 0.25) is 0 Å². The number of aliphatic hydroxyl groups excluding tert-OH is 1. The average molecular weight is 157 g/mol. The Morgan fingerprint density at radius 1 is 1.55 bits per heavy atom. The van der Waals surface area contributed by atoms with Crippen LogP contribution in [0.1, 0.15) is 27.2 Å². The topological polar surface area (TPSA) is 23.5 Å². The van der Waals surface area contributed by atoms with Gasteiger partial charge in [0.15, 0.2) is 0 Å². The van der Waals surface area contributed by atoms with Crippen molar-refractivity contribution in [2.75, 3.05) is 13.1 Å². The van der Waals surface area contributed by atoms with Gasteiger partial charge < -0.3 is 5.11 Å². The van der Waals surface area contributed by atoms with E-state index in [4.69, 9.17) is 0 Å². The third-order valence-corrected chi connectivity index (χ3v) is 2.28. The van der Waals surface area contributed by atoms with Gasteiger partial charge in [-0.25, -0.2) is 0 Å². The molecule has 2 nitrogen and oxygen atoms in total. The number of β-amino-alcohol motifs (C(OH)–C–C–N with tert-alkyl or cyclic N) is 1. The minimum absolute atomic E-state index is 0.0799. The summed E-state index contributed by atoms with van der Waals surface area (Å²) in [5.41, 5.74) is 0. The summed E-state index contributed by atoms with van der Waals surface area (Å²) in [5, 5.41) is 9.34. The predicted octanol–water partition coefficient (Wildman–Crippen LogP) is 1.10. The van der Waals surface area contributed by atoms with Crippen LogP contribution < -0.4 is 0 Å². The van der Waals surface area contributed by atoms with E-state index in [1.165, 1.54) is 0 Å². The summed E-state index contributed by atoms with van der Waals surface area (Å²) < 4.78 is 0. The maximum Gasteiger partial charge on any atom is 0.0682 e. The SMILES string of the molecule is CC(C)CN1C[C@H](O)C[C@H]1C. The zero-order chi connectivity index (χ0) is 8.43. The zero-order valence-electron chi connectivity index (χ0n) is 7.75. The largest absolute Gasteiger partial charge is 0.392 e. The van der Waals surface area contributed by atoms with Crippen LogP contribution in [0.2, 0.25) is 0 Å². The van der Waals surface area contributed by atoms with Gasteiger partial charge in [-0.2, -0.15) is 0 Å². The van der Waals surface area contributed by atoms with Gasteiger partial charge in [0.1, 0.15) is 0 Å². The Hall–Kier alpha value is -0.0800. The lowest BCUT2D eigenvalue weighted by Crippen LogP contribution is -2.31. The molecule has 0 saturated carbocycles. The molecule has 0 unspecified atom stereocenters. The van der Waals surface area contributed by atoms with Gasteiger partial charge in [0.05, 0.1) is 6.10 Å². The smallest absolute Gasteiger partial charge is 0.0682 e. The first-order chi connectivity index (χ1) is 5.09. The standard InChI is InChI=1S/C9H19NO/c1-7(2)5-10-6-9(11)4-8(10)3/h7-9,11H,4-6H2,1-3H3/t8-,9-/m1/s1. The van der Waals surface area contributed by atoms with Gasteiger partial charge in [-0.1, -0.05) is 13.8 Å². The predicted molar refractivity (Wildman–Crippen MR) is 46.5 cm³/mol. The number of likely N-dealkylation sites (tertiary alicyclic amines) is 1. The Morgan fingerprint density at radius 3 is 2.55 bits per heavy atom. The minimum atomic E-state index is -0.0799. The highest BCUT2D eigenvalue weighted by molar-refractivity contribution is 4.82. The molecule has 1 heterocycles. The van der Waals surface area contributed by atoms with Crippen LogP contribution in [0.25, 0.3) is 0 Å². The zero-order valence-corrected chi connectivity index (χ0v) is 7.75. The Bertz CT molecular complexity index is 125. The van der Waals surface area contributed by atoms with Crippen LogP contribution in [0, 0.1) is 5.92 Å². The molecule has 11 heavy (non-hydrogen) atoms. The van der Waals surface area contributed by atoms with Crippen LogP contribution >= 0.6 is 0 Å². The van der Waals surface area contributed by atoms with Gasteiger partial charge in [-0.05, 0) is 19.3 Å². The molecule has 66 valence electrons. The third-order valence-electron chi connectivity index (χ3n) is 2.28. The Morgan fingerprint density at radius 2 is 2.18 bits per heavy atom. The molecule has 0 spiro atoms. The van der Waals surface area contributed by atoms with Crippen LogP contribution in [0.15, 0.2) is 0 Å². The minimum Gasteiger partial charge on any atom is -0.392 e. The summed E-state index contributed by atoms with van der Waals surface area (Å²) in [6.07, 6.45) is 0.871. The summed E-state index contributed by atoms with van der Waals surface area (Å²) in [6, 6.07) is 0.576. The molecule has 0 aromatic heterocycles. The van der Waals surface area contributed by atoms with E-state index >= 15 is 0 Å². The van der Waals surface area contributed by atoms with E-state index < -0.39 is 0 Å². The van der Waals surface area contributed by atoms with Crippen molar-refractivity contribution < 1.29 is 5.11 Å². The molecule has 0 aromatic carbocycles. The first-order valence-electron chi connectivity index (χ1n) is 4.51. The highest BCUT2D eigenvalue weighted by atomic mass is 16.3. The van der Waals surface area contributed by atoms with Crippen LogP contribution in [0.3, 0.4) is 0 Å². The van der Waals surface area contributed by atoms with Crippen molar-refractivity contribution in [1.82, 2.24) is 4.90 Å². The van der Waals surface area contributed by atoms with Crippen LogP contribution in [-0.4, -0.2) is 35.2 Å². The van der Waals surface area contributed by atoms with Gasteiger partial charge in [-0.3, -0.25) is 4.90 Å². The molecule has 1 aliphatic heterocycles. The fourth-order valence-corrected chi connectivity index (χ4v) is 1.79. The van der Waals surface area contributed by atoms with Crippen molar-refractivity contribution in [3.63, 3.8) is 0 Å². The summed E-state index contributed by atoms with van der Waals surface area (Å²) in [6.45, 7) is 8.63. The Labute approximate surface area is 69.2 Å². The summed E-state index contributed by atoms with van der Waals surface area (Å²) in [4.78, 5) is 2.37. The number of hydrogen-bond acceptors (Lipinski definition) is 2. The average Bonchev–Trinajstić information content (AvgIpc) is 2.09. The van der Waals surface area contributed by atoms with E-state index in [0.717, 1.165) is 19.5 Å². The molecular weight excluding hydrogens is 138 g/mol. The van der Waals surface area contributed by atoms with E-state index in [1.54, 1.807) is 0 Å². The Balaban J connectivity index is 2.34. The number of nitrogens with zero attached hydrogens (tertiary/aromatic N) is 1. The fraction of sp³-hybridized carbons (Fsp3) is 1.00. The molecule has 1 saturated heterocycles. The quantitative estimate of drug-likeness (QED) is 0.649. The van der Waals surface area contributed by atoms with Crippen LogP contribution in [0.5, 0.6) is 0 Å². The lowest BCUT2D eigenvalue weighted by Gasteiger charge is -2.22. The van der Waals surface area contributed by atoms with Crippen molar-refractivity contribution in [3.8, 4) is 0 Å². The van der Waals surface area contributed by atoms with E-state index in [9.17, 15) is 5.11 Å². The summed E-state index contributed by atoms with van der Waals surface area (Å²) in [7, 11) is 0. The van der Waals surface area contributed by atoms with Gasteiger partial charge >= 0.3 is 0 Å². The van der Waals surface area contributed by atoms with Crippen molar-refractivity contribution in [3.05, 3.63) is 0 Å². The molecular formula is C9H19NO. The van der Waals surface area contributed by atoms with E-state index in [1.807, 2.05) is 0 Å². The number of aliphatic hydroxyl groups is 1. The van der Waals surface area contributed by atoms with Crippen molar-refractivity contribution in [1.29, 1.82) is 0 Å². The molecule has 1 aliphatic rings. The second-order valence-electron chi connectivity index (χ2n) is 4.09. The second kappa shape index (κ2) is 3.55. The molecule has 0 radical (unpaired) electrons. The fourth-order valence-electron chi connectivity index (χ4n) is 1.79. The molecule has 1 rings (SSSR count). The highest BCUT2D eigenvalue weighted by Crippen LogP contribution is 2.18. The van der Waals surface area contributed by atoms with Gasteiger partial charge in [0.25, 0.3) is 0 Å². The highest BCUT2D eigenvalue weighted by Gasteiger charge is 2.27. The molecule has 2 atom stereocenters. The van der Waals surface area contributed by atoms with Crippen molar-refractivity contribution in [2.24, 2.45) is 5.92 Å². The molecule has 0 bridgehead atoms. The molecule has 1 N–H and O–H groups in total. The lowest BCUT2D eigenvalue weighted by molar-refractivity contribution is 0.170. The van der Waals surface area contributed by atoms with Crippen LogP contribution in [-0.2, 0) is 0 Å². The maximum absolute atomic E-state index is 9.34. The van der Waals surface area contributed by atoms with Crippen LogP contribution in [0.4, 0.5) is 0 Å². The van der Waals surface area contributed by atoms with Gasteiger partial charge in [0, 0.05) is 19.1 Å². The summed E-state index contributed by atoms with van der Waals surface area (Å²) >= 11 is 0. The molecule has 0 aliphatic carbocycles. The summed E-state index contributed by atoms with van der Waals surface area (Å²) in [5.74, 6) is 0.711. The van der Waals surface area contributed by atoms with Gasteiger partial charge in [-0.15, -0.1) is 0 Å². The second-order valence-corrected chi connectivity index (χ2v) is 4.09. The van der Waals surface area contributed by atoms with Crippen molar-refractivity contribution in [2.45, 2.75) is 39.3 Å². The first kappa shape index (κ1) is 9.01. The molecule has 1 fully saturated rings. The van der Waals surface area contributed by atoms with Crippen molar-refractivity contribution >= 4 is 0 Å². The molecule has 0 amide bonds.